The Balaban J connectivity index is 2.14. The van der Waals surface area contributed by atoms with Crippen molar-refractivity contribution in [3.05, 3.63) is 4.88 Å². The molecule has 1 aliphatic rings. The number of carbonyl (C=O) groups is 1. The van der Waals surface area contributed by atoms with Gasteiger partial charge in [-0.05, 0) is 18.5 Å². The number of nitrogens with zero attached hydrogens (tertiary/aromatic N) is 3. The van der Waals surface area contributed by atoms with Gasteiger partial charge in [0.15, 0.2) is 10.7 Å². The molecule has 0 aromatic carbocycles. The molecule has 0 amide bonds. The van der Waals surface area contributed by atoms with Crippen LogP contribution in [0.4, 0.5) is 5.82 Å². The molecule has 16 heavy (non-hydrogen) atoms. The molecular weight excluding hydrogens is 230 g/mol. The summed E-state index contributed by atoms with van der Waals surface area (Å²) in [5.74, 6) is 0.269. The van der Waals surface area contributed by atoms with Gasteiger partial charge in [0.05, 0.1) is 19.8 Å². The molecule has 1 saturated heterocycles. The number of morpholine rings is 1. The molecule has 1 aliphatic heterocycles. The second kappa shape index (κ2) is 5.22. The molecule has 0 saturated carbocycles. The maximum atomic E-state index is 11.6. The van der Waals surface area contributed by atoms with Crippen LogP contribution in [0, 0.1) is 0 Å². The van der Waals surface area contributed by atoms with Crippen molar-refractivity contribution >= 4 is 23.3 Å². The van der Waals surface area contributed by atoms with Gasteiger partial charge in [0.1, 0.15) is 0 Å². The summed E-state index contributed by atoms with van der Waals surface area (Å²) in [6, 6.07) is 0. The lowest BCUT2D eigenvalue weighted by Crippen LogP contribution is -2.37. The van der Waals surface area contributed by atoms with E-state index >= 15 is 0 Å². The molecule has 7 heteroatoms. The maximum Gasteiger partial charge on any atom is 0.353 e. The summed E-state index contributed by atoms with van der Waals surface area (Å²) in [6.07, 6.45) is 0. The third kappa shape index (κ3) is 2.30. The van der Waals surface area contributed by atoms with E-state index in [9.17, 15) is 4.79 Å². The van der Waals surface area contributed by atoms with Crippen molar-refractivity contribution in [2.75, 3.05) is 37.8 Å². The monoisotopic (exact) mass is 243 g/mol. The number of carbonyl (C=O) groups excluding carboxylic acids is 1. The number of hydrogen-bond donors (Lipinski definition) is 0. The molecule has 0 aliphatic carbocycles. The molecule has 88 valence electrons. The molecule has 2 heterocycles. The number of esters is 1. The van der Waals surface area contributed by atoms with Gasteiger partial charge in [-0.2, -0.15) is 0 Å². The molecule has 1 aromatic heterocycles. The fraction of sp³-hybridized carbons (Fsp3) is 0.667. The quantitative estimate of drug-likeness (QED) is 0.722. The van der Waals surface area contributed by atoms with E-state index in [4.69, 9.17) is 9.47 Å². The molecule has 0 bridgehead atoms. The van der Waals surface area contributed by atoms with Gasteiger partial charge in [-0.25, -0.2) is 4.79 Å². The van der Waals surface area contributed by atoms with Crippen molar-refractivity contribution in [2.24, 2.45) is 0 Å². The van der Waals surface area contributed by atoms with E-state index < -0.39 is 0 Å². The number of anilines is 1. The fourth-order valence-corrected chi connectivity index (χ4v) is 2.08. The van der Waals surface area contributed by atoms with Crippen LogP contribution in [0.15, 0.2) is 0 Å². The van der Waals surface area contributed by atoms with Gasteiger partial charge >= 0.3 is 5.97 Å². The van der Waals surface area contributed by atoms with Crippen molar-refractivity contribution < 1.29 is 14.3 Å². The summed E-state index contributed by atoms with van der Waals surface area (Å²) in [5, 5.41) is 3.98. The first kappa shape index (κ1) is 11.3. The Morgan fingerprint density at radius 1 is 1.56 bits per heavy atom. The summed E-state index contributed by atoms with van der Waals surface area (Å²) in [5.41, 5.74) is 0. The van der Waals surface area contributed by atoms with Crippen molar-refractivity contribution in [1.82, 2.24) is 9.59 Å². The van der Waals surface area contributed by atoms with Gasteiger partial charge in [-0.3, -0.25) is 0 Å². The van der Waals surface area contributed by atoms with Crippen molar-refractivity contribution in [3.63, 3.8) is 0 Å². The van der Waals surface area contributed by atoms with Gasteiger partial charge in [0, 0.05) is 13.1 Å². The summed E-state index contributed by atoms with van der Waals surface area (Å²) in [7, 11) is 0. The Morgan fingerprint density at radius 3 is 3.00 bits per heavy atom. The normalized spacial score (nSPS) is 16.2. The minimum absolute atomic E-state index is 0.348. The summed E-state index contributed by atoms with van der Waals surface area (Å²) in [6.45, 7) is 4.91. The van der Waals surface area contributed by atoms with Crippen LogP contribution in [0.25, 0.3) is 0 Å². The van der Waals surface area contributed by atoms with Crippen LogP contribution in [0.1, 0.15) is 16.6 Å². The Kier molecular flexibility index (Phi) is 3.68. The van der Waals surface area contributed by atoms with Crippen LogP contribution in [0.3, 0.4) is 0 Å². The average Bonchev–Trinajstić information content (AvgIpc) is 2.79. The molecule has 0 radical (unpaired) electrons. The third-order valence-electron chi connectivity index (χ3n) is 2.24. The van der Waals surface area contributed by atoms with Crippen molar-refractivity contribution in [3.8, 4) is 0 Å². The summed E-state index contributed by atoms with van der Waals surface area (Å²) in [4.78, 5) is 14.1. The first-order valence-electron chi connectivity index (χ1n) is 5.15. The van der Waals surface area contributed by atoms with Crippen LogP contribution < -0.4 is 4.90 Å². The molecular formula is C9H13N3O3S. The lowest BCUT2D eigenvalue weighted by atomic mass is 10.4. The number of ether oxygens (including phenoxy) is 2. The Bertz CT molecular complexity index is 363. The first-order valence-corrected chi connectivity index (χ1v) is 5.92. The average molecular weight is 243 g/mol. The van der Waals surface area contributed by atoms with Crippen molar-refractivity contribution in [1.29, 1.82) is 0 Å². The minimum Gasteiger partial charge on any atom is -0.462 e. The molecule has 6 nitrogen and oxygen atoms in total. The lowest BCUT2D eigenvalue weighted by molar-refractivity contribution is 0.0531. The van der Waals surface area contributed by atoms with E-state index in [-0.39, 0.29) is 5.97 Å². The van der Waals surface area contributed by atoms with Crippen LogP contribution >= 0.6 is 11.5 Å². The highest BCUT2D eigenvalue weighted by Gasteiger charge is 2.23. The highest BCUT2D eigenvalue weighted by atomic mass is 32.1. The largest absolute Gasteiger partial charge is 0.462 e. The SMILES string of the molecule is CCOC(=O)c1snnc1N1CCOCC1. The second-order valence-corrected chi connectivity index (χ2v) is 4.00. The van der Waals surface area contributed by atoms with Gasteiger partial charge in [0.25, 0.3) is 0 Å². The molecule has 1 aromatic rings. The molecule has 0 atom stereocenters. The highest BCUT2D eigenvalue weighted by Crippen LogP contribution is 2.22. The topological polar surface area (TPSA) is 64.5 Å². The van der Waals surface area contributed by atoms with Gasteiger partial charge in [-0.1, -0.05) is 4.49 Å². The lowest BCUT2D eigenvalue weighted by Gasteiger charge is -2.26. The second-order valence-electron chi connectivity index (χ2n) is 3.25. The van der Waals surface area contributed by atoms with Crippen LogP contribution in [0.5, 0.6) is 0 Å². The fourth-order valence-electron chi connectivity index (χ4n) is 1.49. The zero-order valence-corrected chi connectivity index (χ0v) is 9.83. The third-order valence-corrected chi connectivity index (χ3v) is 2.94. The Morgan fingerprint density at radius 2 is 2.31 bits per heavy atom. The highest BCUT2D eigenvalue weighted by molar-refractivity contribution is 7.08. The van der Waals surface area contributed by atoms with E-state index in [2.05, 4.69) is 9.59 Å². The van der Waals surface area contributed by atoms with E-state index in [0.29, 0.717) is 30.5 Å². The van der Waals surface area contributed by atoms with Crippen LogP contribution in [0.2, 0.25) is 0 Å². The van der Waals surface area contributed by atoms with Crippen LogP contribution in [-0.4, -0.2) is 48.5 Å². The van der Waals surface area contributed by atoms with Gasteiger partial charge < -0.3 is 14.4 Å². The number of aromatic nitrogens is 2. The van der Waals surface area contributed by atoms with Crippen molar-refractivity contribution in [2.45, 2.75) is 6.92 Å². The maximum absolute atomic E-state index is 11.6. The van der Waals surface area contributed by atoms with Gasteiger partial charge in [0.2, 0.25) is 0 Å². The first-order chi connectivity index (χ1) is 7.83. The molecule has 2 rings (SSSR count). The number of rotatable bonds is 3. The summed E-state index contributed by atoms with van der Waals surface area (Å²) < 4.78 is 14.0. The van der Waals surface area contributed by atoms with E-state index in [1.807, 2.05) is 4.90 Å². The predicted molar refractivity (Wildman–Crippen MR) is 58.9 cm³/mol. The standard InChI is InChI=1S/C9H13N3O3S/c1-2-15-9(13)7-8(10-11-16-7)12-3-5-14-6-4-12/h2-6H2,1H3. The Hall–Kier alpha value is -1.21. The van der Waals surface area contributed by atoms with E-state index in [1.54, 1.807) is 6.92 Å². The smallest absolute Gasteiger partial charge is 0.353 e. The van der Waals surface area contributed by atoms with Crippen LogP contribution in [-0.2, 0) is 9.47 Å². The molecule has 0 N–H and O–H groups in total. The van der Waals surface area contributed by atoms with E-state index in [0.717, 1.165) is 24.6 Å². The summed E-state index contributed by atoms with van der Waals surface area (Å²) >= 11 is 1.07. The number of hydrogen-bond acceptors (Lipinski definition) is 7. The molecule has 1 fully saturated rings. The zero-order chi connectivity index (χ0) is 11.4. The van der Waals surface area contributed by atoms with Gasteiger partial charge in [-0.15, -0.1) is 5.10 Å². The minimum atomic E-state index is -0.348. The molecule has 0 spiro atoms. The molecule has 0 unspecified atom stereocenters. The predicted octanol–water partition coefficient (Wildman–Crippen LogP) is 0.551. The Labute approximate surface area is 97.3 Å². The zero-order valence-electron chi connectivity index (χ0n) is 9.01. The van der Waals surface area contributed by atoms with E-state index in [1.165, 1.54) is 0 Å².